The summed E-state index contributed by atoms with van der Waals surface area (Å²) in [6.07, 6.45) is 7.04. The van der Waals surface area contributed by atoms with E-state index in [0.717, 1.165) is 29.5 Å². The van der Waals surface area contributed by atoms with E-state index in [1.54, 1.807) is 13.3 Å². The average molecular weight is 234 g/mol. The second-order valence-electron chi connectivity index (χ2n) is 4.95. The molecule has 0 aliphatic heterocycles. The van der Waals surface area contributed by atoms with Crippen LogP contribution in [-0.2, 0) is 0 Å². The predicted molar refractivity (Wildman–Crippen MR) is 70.6 cm³/mol. The molecule has 1 aromatic heterocycles. The zero-order valence-corrected chi connectivity index (χ0v) is 11.0. The van der Waals surface area contributed by atoms with Crippen molar-refractivity contribution >= 4 is 5.69 Å². The largest absolute Gasteiger partial charge is 0.493 e. The molecule has 1 aliphatic rings. The lowest BCUT2D eigenvalue weighted by atomic mass is 10.1. The van der Waals surface area contributed by atoms with Crippen LogP contribution in [0.3, 0.4) is 0 Å². The molecule has 3 heteroatoms. The van der Waals surface area contributed by atoms with Crippen LogP contribution in [0.1, 0.15) is 38.3 Å². The Bertz CT molecular complexity index is 374. The van der Waals surface area contributed by atoms with Gasteiger partial charge in [-0.15, -0.1) is 0 Å². The second-order valence-corrected chi connectivity index (χ2v) is 4.95. The lowest BCUT2D eigenvalue weighted by Gasteiger charge is -2.20. The van der Waals surface area contributed by atoms with Crippen LogP contribution in [-0.4, -0.2) is 18.1 Å². The number of aromatic nitrogens is 1. The van der Waals surface area contributed by atoms with Gasteiger partial charge in [-0.2, -0.15) is 0 Å². The van der Waals surface area contributed by atoms with E-state index in [0.29, 0.717) is 6.04 Å². The first-order valence-electron chi connectivity index (χ1n) is 6.50. The number of pyridine rings is 1. The van der Waals surface area contributed by atoms with E-state index < -0.39 is 0 Å². The first kappa shape index (κ1) is 12.2. The van der Waals surface area contributed by atoms with Gasteiger partial charge in [0.05, 0.1) is 19.0 Å². The Kier molecular flexibility index (Phi) is 3.87. The second kappa shape index (κ2) is 5.39. The van der Waals surface area contributed by atoms with Gasteiger partial charge in [0.25, 0.3) is 0 Å². The minimum Gasteiger partial charge on any atom is -0.493 e. The van der Waals surface area contributed by atoms with Crippen LogP contribution in [0.4, 0.5) is 5.69 Å². The fourth-order valence-electron chi connectivity index (χ4n) is 2.13. The highest BCUT2D eigenvalue weighted by molar-refractivity contribution is 5.56. The Morgan fingerprint density at radius 2 is 2.29 bits per heavy atom. The Morgan fingerprint density at radius 1 is 1.53 bits per heavy atom. The standard InChI is InChI=1S/C14H22N2O/c1-4-12(8-11-5-6-11)16-13-7-10(2)15-9-14(13)17-3/h7,9,11-12H,4-6,8H2,1-3H3,(H,15,16). The van der Waals surface area contributed by atoms with Gasteiger partial charge in [-0.1, -0.05) is 19.8 Å². The molecule has 94 valence electrons. The Morgan fingerprint density at radius 3 is 2.88 bits per heavy atom. The summed E-state index contributed by atoms with van der Waals surface area (Å²) in [5, 5.41) is 3.60. The summed E-state index contributed by atoms with van der Waals surface area (Å²) in [7, 11) is 1.69. The third-order valence-corrected chi connectivity index (χ3v) is 3.39. The Hall–Kier alpha value is -1.25. The SMILES string of the molecule is CCC(CC1CC1)Nc1cc(C)ncc1OC. The molecule has 0 amide bonds. The van der Waals surface area contributed by atoms with Crippen LogP contribution in [0, 0.1) is 12.8 Å². The van der Waals surface area contributed by atoms with Crippen molar-refractivity contribution in [2.75, 3.05) is 12.4 Å². The molecule has 0 saturated heterocycles. The fraction of sp³-hybridized carbons (Fsp3) is 0.643. The highest BCUT2D eigenvalue weighted by Crippen LogP contribution is 2.35. The Balaban J connectivity index is 2.06. The molecule has 0 radical (unpaired) electrons. The lowest BCUT2D eigenvalue weighted by Crippen LogP contribution is -2.19. The maximum Gasteiger partial charge on any atom is 0.160 e. The summed E-state index contributed by atoms with van der Waals surface area (Å²) >= 11 is 0. The van der Waals surface area contributed by atoms with E-state index in [-0.39, 0.29) is 0 Å². The van der Waals surface area contributed by atoms with Crippen molar-refractivity contribution in [3.05, 3.63) is 18.0 Å². The number of nitrogens with one attached hydrogen (secondary N) is 1. The average Bonchev–Trinajstić information content (AvgIpc) is 3.12. The molecule has 1 aliphatic carbocycles. The maximum atomic E-state index is 5.34. The molecule has 3 nitrogen and oxygen atoms in total. The zero-order valence-electron chi connectivity index (χ0n) is 11.0. The van der Waals surface area contributed by atoms with Crippen molar-refractivity contribution in [2.45, 2.75) is 45.6 Å². The molecule has 1 heterocycles. The molecule has 1 saturated carbocycles. The van der Waals surface area contributed by atoms with Gasteiger partial charge in [-0.05, 0) is 31.7 Å². The van der Waals surface area contributed by atoms with Crippen molar-refractivity contribution in [2.24, 2.45) is 5.92 Å². The van der Waals surface area contributed by atoms with Gasteiger partial charge in [-0.3, -0.25) is 4.98 Å². The number of hydrogen-bond donors (Lipinski definition) is 1. The zero-order chi connectivity index (χ0) is 12.3. The van der Waals surface area contributed by atoms with E-state index in [9.17, 15) is 0 Å². The summed E-state index contributed by atoms with van der Waals surface area (Å²) in [4.78, 5) is 4.25. The van der Waals surface area contributed by atoms with Crippen LogP contribution in [0.15, 0.2) is 12.3 Å². The summed E-state index contributed by atoms with van der Waals surface area (Å²) in [5.41, 5.74) is 2.10. The molecule has 0 bridgehead atoms. The van der Waals surface area contributed by atoms with Gasteiger partial charge in [0.1, 0.15) is 0 Å². The Labute approximate surface area is 104 Å². The minimum absolute atomic E-state index is 0.554. The quantitative estimate of drug-likeness (QED) is 0.819. The van der Waals surface area contributed by atoms with Crippen molar-refractivity contribution in [3.8, 4) is 5.75 Å². The number of aryl methyl sites for hydroxylation is 1. The van der Waals surface area contributed by atoms with Gasteiger partial charge >= 0.3 is 0 Å². The fourth-order valence-corrected chi connectivity index (χ4v) is 2.13. The molecule has 2 rings (SSSR count). The van der Waals surface area contributed by atoms with Crippen molar-refractivity contribution in [1.82, 2.24) is 4.98 Å². The molecule has 1 atom stereocenters. The van der Waals surface area contributed by atoms with E-state index >= 15 is 0 Å². The van der Waals surface area contributed by atoms with Crippen LogP contribution >= 0.6 is 0 Å². The van der Waals surface area contributed by atoms with Gasteiger partial charge in [0, 0.05) is 11.7 Å². The van der Waals surface area contributed by atoms with E-state index in [1.807, 2.05) is 6.92 Å². The molecule has 1 N–H and O–H groups in total. The van der Waals surface area contributed by atoms with Gasteiger partial charge in [0.15, 0.2) is 5.75 Å². The van der Waals surface area contributed by atoms with E-state index in [4.69, 9.17) is 4.74 Å². The van der Waals surface area contributed by atoms with Crippen molar-refractivity contribution in [1.29, 1.82) is 0 Å². The first-order chi connectivity index (χ1) is 8.22. The number of hydrogen-bond acceptors (Lipinski definition) is 3. The van der Waals surface area contributed by atoms with Crippen LogP contribution in [0.5, 0.6) is 5.75 Å². The highest BCUT2D eigenvalue weighted by atomic mass is 16.5. The third-order valence-electron chi connectivity index (χ3n) is 3.39. The predicted octanol–water partition coefficient (Wildman–Crippen LogP) is 3.39. The van der Waals surface area contributed by atoms with E-state index in [2.05, 4.69) is 23.3 Å². The van der Waals surface area contributed by atoms with E-state index in [1.165, 1.54) is 19.3 Å². The summed E-state index contributed by atoms with van der Waals surface area (Å²) in [5.74, 6) is 1.78. The smallest absolute Gasteiger partial charge is 0.160 e. The number of anilines is 1. The molecular weight excluding hydrogens is 212 g/mol. The van der Waals surface area contributed by atoms with Crippen molar-refractivity contribution < 1.29 is 4.74 Å². The van der Waals surface area contributed by atoms with Crippen LogP contribution in [0.2, 0.25) is 0 Å². The topological polar surface area (TPSA) is 34.2 Å². The van der Waals surface area contributed by atoms with Crippen LogP contribution in [0.25, 0.3) is 0 Å². The molecule has 0 aromatic carbocycles. The third kappa shape index (κ3) is 3.35. The summed E-state index contributed by atoms with van der Waals surface area (Å²) < 4.78 is 5.34. The van der Waals surface area contributed by atoms with Gasteiger partial charge < -0.3 is 10.1 Å². The molecule has 1 unspecified atom stereocenters. The maximum absolute atomic E-state index is 5.34. The molecule has 1 aromatic rings. The monoisotopic (exact) mass is 234 g/mol. The normalized spacial score (nSPS) is 16.6. The molecule has 17 heavy (non-hydrogen) atoms. The summed E-state index contributed by atoms with van der Waals surface area (Å²) in [6, 6.07) is 2.62. The number of ether oxygens (including phenoxy) is 1. The highest BCUT2D eigenvalue weighted by Gasteiger charge is 2.25. The number of nitrogens with zero attached hydrogens (tertiary/aromatic N) is 1. The van der Waals surface area contributed by atoms with Crippen LogP contribution < -0.4 is 10.1 Å². The molecule has 0 spiro atoms. The van der Waals surface area contributed by atoms with Gasteiger partial charge in [0.2, 0.25) is 0 Å². The molecule has 1 fully saturated rings. The molecular formula is C14H22N2O. The lowest BCUT2D eigenvalue weighted by molar-refractivity contribution is 0.413. The summed E-state index contributed by atoms with van der Waals surface area (Å²) in [6.45, 7) is 4.24. The van der Waals surface area contributed by atoms with Crippen molar-refractivity contribution in [3.63, 3.8) is 0 Å². The van der Waals surface area contributed by atoms with Gasteiger partial charge in [-0.25, -0.2) is 0 Å². The number of rotatable bonds is 6. The number of methoxy groups -OCH3 is 1. The first-order valence-corrected chi connectivity index (χ1v) is 6.50. The minimum atomic E-state index is 0.554.